The fraction of sp³-hybridized carbons (Fsp3) is 0.111. The number of carbonyl (C=O) groups is 2. The zero-order valence-corrected chi connectivity index (χ0v) is 7.39. The highest BCUT2D eigenvalue weighted by Gasteiger charge is 2.05. The predicted molar refractivity (Wildman–Crippen MR) is 46.4 cm³/mol. The van der Waals surface area contributed by atoms with E-state index >= 15 is 0 Å². The Labute approximate surface area is 79.9 Å². The second-order valence-corrected chi connectivity index (χ2v) is 2.39. The highest BCUT2D eigenvalue weighted by Crippen LogP contribution is 2.12. The number of methoxy groups -OCH3 is 1. The molecule has 0 unspecified atom stereocenters. The molecule has 0 aliphatic rings. The van der Waals surface area contributed by atoms with Crippen LogP contribution in [-0.4, -0.2) is 24.3 Å². The zero-order valence-electron chi connectivity index (χ0n) is 7.39. The maximum Gasteiger partial charge on any atom is 0.513 e. The van der Waals surface area contributed by atoms with Gasteiger partial charge >= 0.3 is 12.1 Å². The van der Waals surface area contributed by atoms with Crippen LogP contribution >= 0.6 is 0 Å². The van der Waals surface area contributed by atoms with Crippen molar-refractivity contribution in [3.63, 3.8) is 0 Å². The largest absolute Gasteiger partial charge is 0.513 e. The van der Waals surface area contributed by atoms with E-state index < -0.39 is 12.1 Å². The molecule has 0 saturated heterocycles. The molecule has 74 valence electrons. The summed E-state index contributed by atoms with van der Waals surface area (Å²) in [5.41, 5.74) is 0.127. The molecule has 0 radical (unpaired) electrons. The number of hydrogen-bond donors (Lipinski definition) is 1. The Morgan fingerprint density at radius 1 is 1.21 bits per heavy atom. The first-order valence-electron chi connectivity index (χ1n) is 3.72. The van der Waals surface area contributed by atoms with Gasteiger partial charge in [-0.25, -0.2) is 9.59 Å². The third-order valence-electron chi connectivity index (χ3n) is 1.47. The van der Waals surface area contributed by atoms with Gasteiger partial charge in [0.05, 0.1) is 12.7 Å². The van der Waals surface area contributed by atoms with Gasteiger partial charge in [-0.3, -0.25) is 0 Å². The lowest BCUT2D eigenvalue weighted by Crippen LogP contribution is -2.07. The minimum atomic E-state index is -1.03. The first-order valence-corrected chi connectivity index (χ1v) is 3.72. The Bertz CT molecular complexity index is 341. The molecule has 0 amide bonds. The van der Waals surface area contributed by atoms with Gasteiger partial charge in [-0.1, -0.05) is 0 Å². The van der Waals surface area contributed by atoms with Crippen LogP contribution < -0.4 is 4.74 Å². The minimum absolute atomic E-state index is 0.127. The third-order valence-corrected chi connectivity index (χ3v) is 1.47. The zero-order chi connectivity index (χ0) is 10.6. The summed E-state index contributed by atoms with van der Waals surface area (Å²) in [5.74, 6) is -0.795. The Balaban J connectivity index is 2.73. The normalized spacial score (nSPS) is 9.21. The summed E-state index contributed by atoms with van der Waals surface area (Å²) in [6.07, 6.45) is -0.840. The summed E-state index contributed by atoms with van der Waals surface area (Å²) in [4.78, 5) is 21.1. The van der Waals surface area contributed by atoms with Crippen LogP contribution in [0.2, 0.25) is 0 Å². The Morgan fingerprint density at radius 3 is 2.21 bits per heavy atom. The Kier molecular flexibility index (Phi) is 3.06. The number of ether oxygens (including phenoxy) is 2. The second kappa shape index (κ2) is 4.27. The summed E-state index contributed by atoms with van der Waals surface area (Å²) in [5, 5.41) is 8.57. The summed E-state index contributed by atoms with van der Waals surface area (Å²) >= 11 is 0. The number of benzene rings is 1. The monoisotopic (exact) mass is 196 g/mol. The van der Waals surface area contributed by atoms with Crippen LogP contribution in [0.15, 0.2) is 24.3 Å². The summed E-state index contributed by atoms with van der Waals surface area (Å²) in [7, 11) is 1.19. The maximum atomic E-state index is 10.6. The van der Waals surface area contributed by atoms with Crippen LogP contribution in [0.5, 0.6) is 5.75 Å². The molecule has 0 aliphatic carbocycles. The van der Waals surface area contributed by atoms with E-state index in [0.29, 0.717) is 0 Å². The number of rotatable bonds is 2. The van der Waals surface area contributed by atoms with Gasteiger partial charge in [-0.2, -0.15) is 0 Å². The van der Waals surface area contributed by atoms with E-state index in [9.17, 15) is 9.59 Å². The van der Waals surface area contributed by atoms with Crippen molar-refractivity contribution in [3.05, 3.63) is 29.8 Å². The van der Waals surface area contributed by atoms with Crippen LogP contribution in [0.1, 0.15) is 10.4 Å². The van der Waals surface area contributed by atoms with E-state index in [2.05, 4.69) is 9.47 Å². The van der Waals surface area contributed by atoms with Gasteiger partial charge in [0, 0.05) is 0 Å². The van der Waals surface area contributed by atoms with Crippen molar-refractivity contribution in [2.45, 2.75) is 0 Å². The van der Waals surface area contributed by atoms with Crippen molar-refractivity contribution in [1.82, 2.24) is 0 Å². The lowest BCUT2D eigenvalue weighted by atomic mass is 10.2. The number of carboxylic acid groups (broad SMARTS) is 1. The average Bonchev–Trinajstić information content (AvgIpc) is 2.18. The van der Waals surface area contributed by atoms with E-state index in [1.807, 2.05) is 0 Å². The highest BCUT2D eigenvalue weighted by atomic mass is 16.7. The molecule has 14 heavy (non-hydrogen) atoms. The third kappa shape index (κ3) is 2.48. The highest BCUT2D eigenvalue weighted by molar-refractivity contribution is 5.87. The van der Waals surface area contributed by atoms with Crippen molar-refractivity contribution in [2.24, 2.45) is 0 Å². The van der Waals surface area contributed by atoms with Crippen LogP contribution in [0.3, 0.4) is 0 Å². The molecule has 1 N–H and O–H groups in total. The lowest BCUT2D eigenvalue weighted by molar-refractivity contribution is 0.0697. The first-order chi connectivity index (χ1) is 6.63. The van der Waals surface area contributed by atoms with Crippen molar-refractivity contribution in [1.29, 1.82) is 0 Å². The minimum Gasteiger partial charge on any atom is -0.478 e. The number of carboxylic acids is 1. The molecule has 0 aliphatic heterocycles. The number of hydrogen-bond acceptors (Lipinski definition) is 4. The smallest absolute Gasteiger partial charge is 0.478 e. The quantitative estimate of drug-likeness (QED) is 0.573. The Hall–Kier alpha value is -2.04. The molecule has 0 spiro atoms. The SMILES string of the molecule is COC(=O)Oc1ccc(C(=O)O)cc1. The van der Waals surface area contributed by atoms with Crippen molar-refractivity contribution in [3.8, 4) is 5.75 Å². The molecule has 0 heterocycles. The fourth-order valence-electron chi connectivity index (χ4n) is 0.803. The van der Waals surface area contributed by atoms with E-state index in [-0.39, 0.29) is 11.3 Å². The lowest BCUT2D eigenvalue weighted by Gasteiger charge is -2.01. The van der Waals surface area contributed by atoms with E-state index in [1.165, 1.54) is 31.4 Å². The van der Waals surface area contributed by atoms with Gasteiger partial charge in [0.2, 0.25) is 0 Å². The molecule has 5 nitrogen and oxygen atoms in total. The summed E-state index contributed by atoms with van der Waals surface area (Å²) < 4.78 is 8.90. The molecule has 5 heteroatoms. The number of aromatic carboxylic acids is 1. The van der Waals surface area contributed by atoms with E-state index in [0.717, 1.165) is 0 Å². The summed E-state index contributed by atoms with van der Waals surface area (Å²) in [6, 6.07) is 5.42. The van der Waals surface area contributed by atoms with Gasteiger partial charge in [0.1, 0.15) is 5.75 Å². The predicted octanol–water partition coefficient (Wildman–Crippen LogP) is 1.53. The fourth-order valence-corrected chi connectivity index (χ4v) is 0.803. The van der Waals surface area contributed by atoms with Crippen molar-refractivity contribution in [2.75, 3.05) is 7.11 Å². The van der Waals surface area contributed by atoms with E-state index in [4.69, 9.17) is 5.11 Å². The second-order valence-electron chi connectivity index (χ2n) is 2.39. The van der Waals surface area contributed by atoms with Crippen molar-refractivity contribution < 1.29 is 24.2 Å². The molecule has 0 saturated carbocycles. The van der Waals surface area contributed by atoms with Crippen LogP contribution in [0.25, 0.3) is 0 Å². The molecular formula is C9H8O5. The summed E-state index contributed by atoms with van der Waals surface area (Å²) in [6.45, 7) is 0. The first kappa shape index (κ1) is 10.0. The van der Waals surface area contributed by atoms with Crippen LogP contribution in [0, 0.1) is 0 Å². The van der Waals surface area contributed by atoms with Crippen molar-refractivity contribution >= 4 is 12.1 Å². The molecule has 0 fully saturated rings. The van der Waals surface area contributed by atoms with Gasteiger partial charge in [-0.15, -0.1) is 0 Å². The van der Waals surface area contributed by atoms with E-state index in [1.54, 1.807) is 0 Å². The average molecular weight is 196 g/mol. The van der Waals surface area contributed by atoms with Gasteiger partial charge in [-0.05, 0) is 24.3 Å². The van der Waals surface area contributed by atoms with Gasteiger partial charge in [0.15, 0.2) is 0 Å². The molecule has 1 rings (SSSR count). The van der Waals surface area contributed by atoms with Crippen LogP contribution in [0.4, 0.5) is 4.79 Å². The molecule has 0 atom stereocenters. The molecular weight excluding hydrogens is 188 g/mol. The van der Waals surface area contributed by atoms with Gasteiger partial charge in [0.25, 0.3) is 0 Å². The molecule has 0 aromatic heterocycles. The topological polar surface area (TPSA) is 72.8 Å². The molecule has 1 aromatic rings. The van der Waals surface area contributed by atoms with Crippen LogP contribution in [-0.2, 0) is 4.74 Å². The molecule has 0 bridgehead atoms. The molecule has 1 aromatic carbocycles. The standard InChI is InChI=1S/C9H8O5/c1-13-9(12)14-7-4-2-6(3-5-7)8(10)11/h2-5H,1H3,(H,10,11). The maximum absolute atomic E-state index is 10.6. The Morgan fingerprint density at radius 2 is 1.79 bits per heavy atom. The number of carbonyl (C=O) groups excluding carboxylic acids is 1. The van der Waals surface area contributed by atoms with Gasteiger partial charge < -0.3 is 14.6 Å².